The molecule has 0 saturated heterocycles. The van der Waals surface area contributed by atoms with Crippen molar-refractivity contribution in [3.63, 3.8) is 0 Å². The molecule has 2 heterocycles. The first kappa shape index (κ1) is 19.4. The number of nitrogens with zero attached hydrogens (tertiary/aromatic N) is 6. The van der Waals surface area contributed by atoms with Crippen molar-refractivity contribution in [2.24, 2.45) is 0 Å². The van der Waals surface area contributed by atoms with E-state index in [4.69, 9.17) is 4.52 Å². The van der Waals surface area contributed by atoms with Gasteiger partial charge in [-0.05, 0) is 47.2 Å². The summed E-state index contributed by atoms with van der Waals surface area (Å²) in [6, 6.07) is 14.1. The van der Waals surface area contributed by atoms with E-state index in [0.29, 0.717) is 17.8 Å². The van der Waals surface area contributed by atoms with E-state index < -0.39 is 12.1 Å². The molecule has 2 unspecified atom stereocenters. The minimum absolute atomic E-state index is 0.234. The highest BCUT2D eigenvalue weighted by Gasteiger charge is 2.26. The third kappa shape index (κ3) is 4.37. The van der Waals surface area contributed by atoms with Gasteiger partial charge in [-0.1, -0.05) is 35.5 Å². The molecular weight excluding hydrogens is 389 g/mol. The fourth-order valence-electron chi connectivity index (χ4n) is 2.95. The van der Waals surface area contributed by atoms with E-state index in [1.54, 1.807) is 19.1 Å². The number of aromatic nitrogens is 6. The normalized spacial score (nSPS) is 13.0. The molecule has 2 aromatic carbocycles. The minimum Gasteiger partial charge on any atom is -0.343 e. The number of carbonyl (C=O) groups excluding carboxylic acids is 1. The van der Waals surface area contributed by atoms with Crippen molar-refractivity contribution >= 4 is 5.91 Å². The predicted octanol–water partition coefficient (Wildman–Crippen LogP) is 2.52. The molecule has 4 rings (SSSR count). The van der Waals surface area contributed by atoms with E-state index in [0.717, 1.165) is 5.56 Å². The first-order valence-corrected chi connectivity index (χ1v) is 9.26. The van der Waals surface area contributed by atoms with Crippen molar-refractivity contribution in [3.05, 3.63) is 78.2 Å². The Kier molecular flexibility index (Phi) is 5.55. The Morgan fingerprint density at radius 2 is 1.93 bits per heavy atom. The Balaban J connectivity index is 1.49. The third-order valence-electron chi connectivity index (χ3n) is 4.53. The van der Waals surface area contributed by atoms with E-state index in [1.165, 1.54) is 23.1 Å². The van der Waals surface area contributed by atoms with Crippen LogP contribution in [0.2, 0.25) is 0 Å². The molecule has 0 aliphatic carbocycles. The molecule has 4 aromatic rings. The molecule has 9 nitrogen and oxygen atoms in total. The first-order chi connectivity index (χ1) is 14.6. The van der Waals surface area contributed by atoms with Gasteiger partial charge in [-0.25, -0.2) is 9.07 Å². The number of nitrogens with one attached hydrogen (secondary N) is 1. The van der Waals surface area contributed by atoms with Crippen LogP contribution in [0.1, 0.15) is 30.5 Å². The lowest BCUT2D eigenvalue weighted by molar-refractivity contribution is -0.125. The molecule has 0 aliphatic rings. The largest absolute Gasteiger partial charge is 0.343 e. The second kappa shape index (κ2) is 8.60. The summed E-state index contributed by atoms with van der Waals surface area (Å²) in [5, 5.41) is 17.9. The summed E-state index contributed by atoms with van der Waals surface area (Å²) in [7, 11) is 0. The van der Waals surface area contributed by atoms with Crippen LogP contribution in [0.5, 0.6) is 0 Å². The van der Waals surface area contributed by atoms with Gasteiger partial charge in [0.2, 0.25) is 17.6 Å². The van der Waals surface area contributed by atoms with Crippen LogP contribution in [0, 0.1) is 5.82 Å². The fraction of sp³-hybridized carbons (Fsp3) is 0.200. The molecule has 0 fully saturated rings. The highest BCUT2D eigenvalue weighted by Crippen LogP contribution is 2.20. The second-order valence-corrected chi connectivity index (χ2v) is 6.69. The maximum absolute atomic E-state index is 13.1. The molecule has 152 valence electrons. The smallest absolute Gasteiger partial charge is 0.249 e. The number of hydrogen-bond donors (Lipinski definition) is 1. The molecule has 0 spiro atoms. The van der Waals surface area contributed by atoms with Gasteiger partial charge in [0, 0.05) is 12.0 Å². The van der Waals surface area contributed by atoms with Crippen molar-refractivity contribution in [1.29, 1.82) is 0 Å². The number of tetrazole rings is 1. The van der Waals surface area contributed by atoms with E-state index >= 15 is 0 Å². The van der Waals surface area contributed by atoms with Gasteiger partial charge in [-0.3, -0.25) is 4.79 Å². The topological polar surface area (TPSA) is 112 Å². The van der Waals surface area contributed by atoms with Crippen molar-refractivity contribution < 1.29 is 13.7 Å². The number of carbonyl (C=O) groups is 1. The summed E-state index contributed by atoms with van der Waals surface area (Å²) < 4.78 is 19.8. The van der Waals surface area contributed by atoms with Gasteiger partial charge < -0.3 is 9.84 Å². The lowest BCUT2D eigenvalue weighted by Crippen LogP contribution is -2.36. The Hall–Kier alpha value is -3.95. The zero-order valence-corrected chi connectivity index (χ0v) is 16.0. The Labute approximate surface area is 170 Å². The van der Waals surface area contributed by atoms with E-state index in [2.05, 4.69) is 31.0 Å². The van der Waals surface area contributed by atoms with Crippen LogP contribution in [0.25, 0.3) is 11.4 Å². The molecule has 30 heavy (non-hydrogen) atoms. The van der Waals surface area contributed by atoms with Crippen LogP contribution in [0.15, 0.2) is 65.4 Å². The van der Waals surface area contributed by atoms with Gasteiger partial charge in [0.25, 0.3) is 0 Å². The number of amides is 1. The Bertz CT molecular complexity index is 1100. The van der Waals surface area contributed by atoms with Crippen molar-refractivity contribution in [3.8, 4) is 11.4 Å². The van der Waals surface area contributed by atoms with Gasteiger partial charge in [-0.15, -0.1) is 5.10 Å². The molecule has 2 atom stereocenters. The van der Waals surface area contributed by atoms with Crippen LogP contribution >= 0.6 is 0 Å². The summed E-state index contributed by atoms with van der Waals surface area (Å²) in [4.78, 5) is 17.3. The van der Waals surface area contributed by atoms with Crippen LogP contribution in [0.3, 0.4) is 0 Å². The van der Waals surface area contributed by atoms with Crippen LogP contribution < -0.4 is 5.32 Å². The molecule has 1 amide bonds. The number of benzene rings is 2. The highest BCUT2D eigenvalue weighted by atomic mass is 19.1. The number of halogens is 1. The van der Waals surface area contributed by atoms with Gasteiger partial charge in [0.05, 0.1) is 0 Å². The lowest BCUT2D eigenvalue weighted by atomic mass is 10.1. The summed E-state index contributed by atoms with van der Waals surface area (Å²) in [6.45, 7) is 1.74. The Morgan fingerprint density at radius 3 is 2.63 bits per heavy atom. The van der Waals surface area contributed by atoms with Crippen LogP contribution in [0.4, 0.5) is 4.39 Å². The average Bonchev–Trinajstić information content (AvgIpc) is 3.46. The van der Waals surface area contributed by atoms with Gasteiger partial charge in [0.1, 0.15) is 24.2 Å². The fourth-order valence-corrected chi connectivity index (χ4v) is 2.95. The van der Waals surface area contributed by atoms with E-state index in [-0.39, 0.29) is 17.6 Å². The van der Waals surface area contributed by atoms with Gasteiger partial charge in [0.15, 0.2) is 0 Å². The third-order valence-corrected chi connectivity index (χ3v) is 4.53. The SMILES string of the molecule is CC(NC(=O)C(Cc1ccccc1)n1cnnn1)c1nc(-c2ccc(F)cc2)no1. The average molecular weight is 407 g/mol. The maximum Gasteiger partial charge on any atom is 0.249 e. The van der Waals surface area contributed by atoms with Crippen molar-refractivity contribution in [2.45, 2.75) is 25.4 Å². The van der Waals surface area contributed by atoms with Crippen LogP contribution in [-0.2, 0) is 11.2 Å². The molecule has 1 N–H and O–H groups in total. The monoisotopic (exact) mass is 407 g/mol. The van der Waals surface area contributed by atoms with Crippen molar-refractivity contribution in [1.82, 2.24) is 35.7 Å². The minimum atomic E-state index is -0.649. The predicted molar refractivity (Wildman–Crippen MR) is 103 cm³/mol. The second-order valence-electron chi connectivity index (χ2n) is 6.69. The standard InChI is InChI=1S/C20H18FN7O2/c1-13(20-24-18(25-30-20)15-7-9-16(21)10-8-15)23-19(29)17(28-12-22-26-27-28)11-14-5-3-2-4-6-14/h2-10,12-13,17H,11H2,1H3,(H,23,29). The molecule has 0 aliphatic heterocycles. The summed E-state index contributed by atoms with van der Waals surface area (Å²) in [5.74, 6) is -0.0967. The molecule has 2 aromatic heterocycles. The van der Waals surface area contributed by atoms with Crippen molar-refractivity contribution in [2.75, 3.05) is 0 Å². The summed E-state index contributed by atoms with van der Waals surface area (Å²) >= 11 is 0. The zero-order chi connectivity index (χ0) is 20.9. The zero-order valence-electron chi connectivity index (χ0n) is 16.0. The summed E-state index contributed by atoms with van der Waals surface area (Å²) in [6.07, 6.45) is 1.81. The lowest BCUT2D eigenvalue weighted by Gasteiger charge is -2.18. The first-order valence-electron chi connectivity index (χ1n) is 9.26. The number of hydrogen-bond acceptors (Lipinski definition) is 7. The van der Waals surface area contributed by atoms with Gasteiger partial charge >= 0.3 is 0 Å². The van der Waals surface area contributed by atoms with Crippen LogP contribution in [-0.4, -0.2) is 36.3 Å². The molecule has 0 saturated carbocycles. The highest BCUT2D eigenvalue weighted by molar-refractivity contribution is 5.80. The van der Waals surface area contributed by atoms with Gasteiger partial charge in [-0.2, -0.15) is 4.98 Å². The van der Waals surface area contributed by atoms with E-state index in [1.807, 2.05) is 30.3 Å². The quantitative estimate of drug-likeness (QED) is 0.501. The number of rotatable bonds is 7. The molecular formula is C20H18FN7O2. The molecule has 10 heteroatoms. The maximum atomic E-state index is 13.1. The molecule has 0 radical (unpaired) electrons. The molecule has 0 bridgehead atoms. The van der Waals surface area contributed by atoms with E-state index in [9.17, 15) is 9.18 Å². The Morgan fingerprint density at radius 1 is 1.17 bits per heavy atom. The summed E-state index contributed by atoms with van der Waals surface area (Å²) in [5.41, 5.74) is 1.58.